The molecule has 28 heavy (non-hydrogen) atoms. The Balaban J connectivity index is 1.75. The van der Waals surface area contributed by atoms with Crippen molar-refractivity contribution in [3.8, 4) is 11.3 Å². The van der Waals surface area contributed by atoms with Gasteiger partial charge in [0.2, 0.25) is 0 Å². The van der Waals surface area contributed by atoms with E-state index in [1.807, 2.05) is 34.1 Å². The third-order valence-corrected chi connectivity index (χ3v) is 4.95. The van der Waals surface area contributed by atoms with Crippen LogP contribution in [0.15, 0.2) is 29.2 Å². The number of hydrogen-bond donors (Lipinski definition) is 1. The first-order chi connectivity index (χ1) is 13.3. The smallest absolute Gasteiger partial charge is 0.259 e. The number of carbonyl (C=O) groups excluding carboxylic acids is 1. The molecule has 4 rings (SSSR count). The Morgan fingerprint density at radius 3 is 2.64 bits per heavy atom. The first-order valence-corrected chi connectivity index (χ1v) is 8.90. The van der Waals surface area contributed by atoms with Gasteiger partial charge in [0.25, 0.3) is 11.6 Å². The Bertz CT molecular complexity index is 1180. The van der Waals surface area contributed by atoms with Gasteiger partial charge in [0, 0.05) is 37.1 Å². The van der Waals surface area contributed by atoms with Crippen LogP contribution < -0.4 is 5.32 Å². The number of rotatable bonds is 4. The van der Waals surface area contributed by atoms with Gasteiger partial charge in [0.15, 0.2) is 0 Å². The Kier molecular flexibility index (Phi) is 4.21. The summed E-state index contributed by atoms with van der Waals surface area (Å²) in [5, 5.41) is 16.1. The molecule has 0 aromatic carbocycles. The summed E-state index contributed by atoms with van der Waals surface area (Å²) >= 11 is 0. The van der Waals surface area contributed by atoms with Gasteiger partial charge in [-0.25, -0.2) is 4.98 Å². The molecule has 0 radical (unpaired) electrons. The molecule has 0 aliphatic rings. The molecule has 1 N–H and O–H groups in total. The van der Waals surface area contributed by atoms with Crippen LogP contribution in [0.2, 0.25) is 0 Å². The second-order valence-corrected chi connectivity index (χ2v) is 6.91. The lowest BCUT2D eigenvalue weighted by molar-refractivity contribution is 0.0941. The molecule has 0 saturated heterocycles. The van der Waals surface area contributed by atoms with Crippen molar-refractivity contribution >= 4 is 17.0 Å². The van der Waals surface area contributed by atoms with Crippen molar-refractivity contribution in [1.82, 2.24) is 35.0 Å². The Hall–Kier alpha value is -3.49. The molecular formula is C19H21N7O2. The summed E-state index contributed by atoms with van der Waals surface area (Å²) in [6.45, 7) is 5.70. The van der Waals surface area contributed by atoms with E-state index < -0.39 is 0 Å². The van der Waals surface area contributed by atoms with Crippen LogP contribution in [0.3, 0.4) is 0 Å². The lowest BCUT2D eigenvalue weighted by Gasteiger charge is -2.14. The molecule has 0 unspecified atom stereocenters. The molecule has 4 aromatic heterocycles. The Morgan fingerprint density at radius 2 is 2.00 bits per heavy atom. The van der Waals surface area contributed by atoms with Gasteiger partial charge in [0.1, 0.15) is 0 Å². The van der Waals surface area contributed by atoms with Crippen molar-refractivity contribution in [2.45, 2.75) is 26.8 Å². The highest BCUT2D eigenvalue weighted by Crippen LogP contribution is 2.27. The van der Waals surface area contributed by atoms with E-state index in [0.717, 1.165) is 16.8 Å². The second kappa shape index (κ2) is 6.59. The predicted octanol–water partition coefficient (Wildman–Crippen LogP) is 2.46. The van der Waals surface area contributed by atoms with E-state index in [4.69, 9.17) is 4.52 Å². The number of hydrogen-bond acceptors (Lipinski definition) is 6. The number of pyridine rings is 1. The third kappa shape index (κ3) is 2.94. The zero-order chi connectivity index (χ0) is 20.0. The van der Waals surface area contributed by atoms with E-state index in [9.17, 15) is 4.79 Å². The van der Waals surface area contributed by atoms with Gasteiger partial charge in [-0.2, -0.15) is 10.2 Å². The van der Waals surface area contributed by atoms with Crippen LogP contribution in [0.1, 0.15) is 40.3 Å². The quantitative estimate of drug-likeness (QED) is 0.584. The van der Waals surface area contributed by atoms with Crippen LogP contribution in [0.4, 0.5) is 0 Å². The average Bonchev–Trinajstić information content (AvgIpc) is 3.35. The zero-order valence-electron chi connectivity index (χ0n) is 16.4. The maximum atomic E-state index is 13.1. The molecule has 144 valence electrons. The summed E-state index contributed by atoms with van der Waals surface area (Å²) in [6, 6.07) is 1.55. The molecule has 0 aliphatic carbocycles. The maximum absolute atomic E-state index is 13.1. The molecule has 0 bridgehead atoms. The summed E-state index contributed by atoms with van der Waals surface area (Å²) in [7, 11) is 3.70. The van der Waals surface area contributed by atoms with Gasteiger partial charge >= 0.3 is 0 Å². The normalized spacial score (nSPS) is 12.5. The number of carbonyl (C=O) groups is 1. The van der Waals surface area contributed by atoms with E-state index in [0.29, 0.717) is 28.1 Å². The first kappa shape index (κ1) is 17.9. The van der Waals surface area contributed by atoms with Gasteiger partial charge in [0.05, 0.1) is 40.8 Å². The lowest BCUT2D eigenvalue weighted by atomic mass is 10.1. The largest absolute Gasteiger partial charge is 0.345 e. The fourth-order valence-corrected chi connectivity index (χ4v) is 3.27. The predicted molar refractivity (Wildman–Crippen MR) is 103 cm³/mol. The monoisotopic (exact) mass is 379 g/mol. The van der Waals surface area contributed by atoms with E-state index in [2.05, 4.69) is 25.7 Å². The Morgan fingerprint density at radius 1 is 1.21 bits per heavy atom. The van der Waals surface area contributed by atoms with E-state index >= 15 is 0 Å². The molecular weight excluding hydrogens is 358 g/mol. The van der Waals surface area contributed by atoms with Crippen molar-refractivity contribution in [3.63, 3.8) is 0 Å². The number of fused-ring (bicyclic) bond motifs is 1. The summed E-state index contributed by atoms with van der Waals surface area (Å²) in [4.78, 5) is 17.6. The Labute approximate surface area is 161 Å². The molecule has 1 atom stereocenters. The van der Waals surface area contributed by atoms with E-state index in [-0.39, 0.29) is 11.9 Å². The van der Waals surface area contributed by atoms with Crippen molar-refractivity contribution in [3.05, 3.63) is 47.2 Å². The van der Waals surface area contributed by atoms with Crippen molar-refractivity contribution in [1.29, 1.82) is 0 Å². The third-order valence-electron chi connectivity index (χ3n) is 4.95. The molecule has 9 nitrogen and oxygen atoms in total. The molecule has 4 aromatic rings. The zero-order valence-corrected chi connectivity index (χ0v) is 16.4. The van der Waals surface area contributed by atoms with Crippen molar-refractivity contribution < 1.29 is 9.32 Å². The van der Waals surface area contributed by atoms with E-state index in [1.54, 1.807) is 34.7 Å². The van der Waals surface area contributed by atoms with E-state index in [1.165, 1.54) is 0 Å². The fraction of sp³-hybridized carbons (Fsp3) is 0.316. The van der Waals surface area contributed by atoms with Crippen molar-refractivity contribution in [2.75, 3.05) is 0 Å². The molecule has 1 amide bonds. The lowest BCUT2D eigenvalue weighted by Crippen LogP contribution is -2.27. The number of nitrogens with one attached hydrogen (secondary N) is 1. The number of amides is 1. The molecule has 0 saturated carbocycles. The van der Waals surface area contributed by atoms with Gasteiger partial charge in [-0.15, -0.1) is 0 Å². The molecule has 0 spiro atoms. The summed E-state index contributed by atoms with van der Waals surface area (Å²) in [5.74, 6) is -0.223. The topological polar surface area (TPSA) is 104 Å². The minimum atomic E-state index is -0.223. The molecule has 4 heterocycles. The molecule has 0 aliphatic heterocycles. The minimum absolute atomic E-state index is 0.202. The van der Waals surface area contributed by atoms with Gasteiger partial charge in [-0.1, -0.05) is 5.16 Å². The summed E-state index contributed by atoms with van der Waals surface area (Å²) < 4.78 is 8.80. The fourth-order valence-electron chi connectivity index (χ4n) is 3.27. The SMILES string of the molecule is Cc1noc2nc(-c3cnn(C)c3)cc(C(=O)N[C@H](C)c3cnn(C)c3C)c12. The van der Waals surface area contributed by atoms with Crippen LogP contribution in [0.5, 0.6) is 0 Å². The minimum Gasteiger partial charge on any atom is -0.345 e. The van der Waals surface area contributed by atoms with Crippen LogP contribution in [-0.2, 0) is 14.1 Å². The summed E-state index contributed by atoms with van der Waals surface area (Å²) in [5.41, 5.74) is 4.79. The first-order valence-electron chi connectivity index (χ1n) is 8.90. The highest BCUT2D eigenvalue weighted by Gasteiger charge is 2.22. The number of aromatic nitrogens is 6. The summed E-state index contributed by atoms with van der Waals surface area (Å²) in [6.07, 6.45) is 5.30. The highest BCUT2D eigenvalue weighted by atomic mass is 16.5. The van der Waals surface area contributed by atoms with Crippen LogP contribution >= 0.6 is 0 Å². The van der Waals surface area contributed by atoms with Crippen LogP contribution in [0.25, 0.3) is 22.4 Å². The van der Waals surface area contributed by atoms with Gasteiger partial charge in [-0.05, 0) is 26.8 Å². The van der Waals surface area contributed by atoms with Gasteiger partial charge < -0.3 is 9.84 Å². The van der Waals surface area contributed by atoms with Gasteiger partial charge in [-0.3, -0.25) is 14.2 Å². The number of nitrogens with zero attached hydrogens (tertiary/aromatic N) is 6. The molecule has 9 heteroatoms. The standard InChI is InChI=1S/C19H21N7O2/c1-10(15-8-21-26(5)12(15)3)22-18(27)14-6-16(13-7-20-25(4)9-13)23-19-17(14)11(2)24-28-19/h6-10H,1-5H3,(H,22,27)/t10-/m1/s1. The molecule has 0 fully saturated rings. The average molecular weight is 379 g/mol. The van der Waals surface area contributed by atoms with Crippen molar-refractivity contribution in [2.24, 2.45) is 14.1 Å². The highest BCUT2D eigenvalue weighted by molar-refractivity contribution is 6.07. The van der Waals surface area contributed by atoms with Crippen LogP contribution in [0, 0.1) is 13.8 Å². The second-order valence-electron chi connectivity index (χ2n) is 6.91. The maximum Gasteiger partial charge on any atom is 0.259 e. The number of aryl methyl sites for hydroxylation is 3. The van der Waals surface area contributed by atoms with Crippen LogP contribution in [-0.4, -0.2) is 35.6 Å².